The summed E-state index contributed by atoms with van der Waals surface area (Å²) in [7, 11) is 1.58. The molecule has 1 aromatic heterocycles. The lowest BCUT2D eigenvalue weighted by molar-refractivity contribution is 0.0697. The summed E-state index contributed by atoms with van der Waals surface area (Å²) in [5, 5.41) is 1.11. The van der Waals surface area contributed by atoms with E-state index in [0.717, 1.165) is 61.9 Å². The van der Waals surface area contributed by atoms with E-state index < -0.39 is 0 Å². The van der Waals surface area contributed by atoms with Gasteiger partial charge in [0, 0.05) is 73.4 Å². The van der Waals surface area contributed by atoms with Crippen molar-refractivity contribution in [1.29, 1.82) is 0 Å². The Morgan fingerprint density at radius 1 is 1.20 bits per heavy atom. The van der Waals surface area contributed by atoms with Crippen molar-refractivity contribution >= 4 is 16.8 Å². The number of nitrogens with zero attached hydrogens (tertiary/aromatic N) is 3. The molecule has 5 rings (SSSR count). The number of piperidine rings is 1. The highest BCUT2D eigenvalue weighted by Gasteiger charge is 2.27. The van der Waals surface area contributed by atoms with E-state index in [4.69, 9.17) is 4.74 Å². The first-order chi connectivity index (χ1) is 17.0. The molecule has 6 heteroatoms. The molecule has 184 valence electrons. The molecule has 0 saturated carbocycles. The summed E-state index contributed by atoms with van der Waals surface area (Å²) in [6.07, 6.45) is 4.91. The summed E-state index contributed by atoms with van der Waals surface area (Å²) in [6, 6.07) is 11.1. The molecule has 2 aliphatic rings. The zero-order valence-corrected chi connectivity index (χ0v) is 20.7. The molecule has 1 amide bonds. The summed E-state index contributed by atoms with van der Waals surface area (Å²) in [5.74, 6) is 1.13. The van der Waals surface area contributed by atoms with E-state index in [0.29, 0.717) is 30.3 Å². The number of amides is 1. The Bertz CT molecular complexity index is 1260. The van der Waals surface area contributed by atoms with Crippen LogP contribution in [0.2, 0.25) is 0 Å². The SMILES string of the molecule is C=CCn1c2c(c3cc(C(=O)N4CCC(C)CC4)ccc31)CN(Cc1c(F)cccc1OC)CC2. The van der Waals surface area contributed by atoms with Crippen LogP contribution in [-0.4, -0.2) is 47.0 Å². The molecule has 35 heavy (non-hydrogen) atoms. The van der Waals surface area contributed by atoms with E-state index >= 15 is 0 Å². The van der Waals surface area contributed by atoms with E-state index in [9.17, 15) is 9.18 Å². The largest absolute Gasteiger partial charge is 0.496 e. The number of allylic oxidation sites excluding steroid dienone is 1. The Hall–Kier alpha value is -3.12. The molecular formula is C29H34FN3O2. The van der Waals surface area contributed by atoms with Crippen molar-refractivity contribution in [3.05, 3.63) is 77.3 Å². The van der Waals surface area contributed by atoms with E-state index in [-0.39, 0.29) is 11.7 Å². The summed E-state index contributed by atoms with van der Waals surface area (Å²) >= 11 is 0. The lowest BCUT2D eigenvalue weighted by Gasteiger charge is -2.30. The number of ether oxygens (including phenoxy) is 1. The van der Waals surface area contributed by atoms with Crippen LogP contribution in [0.15, 0.2) is 49.1 Å². The molecule has 3 aromatic rings. The highest BCUT2D eigenvalue weighted by atomic mass is 19.1. The van der Waals surface area contributed by atoms with Crippen molar-refractivity contribution in [2.75, 3.05) is 26.7 Å². The van der Waals surface area contributed by atoms with Crippen molar-refractivity contribution in [2.45, 2.75) is 45.8 Å². The van der Waals surface area contributed by atoms with Crippen LogP contribution < -0.4 is 4.74 Å². The first-order valence-corrected chi connectivity index (χ1v) is 12.6. The molecule has 5 nitrogen and oxygen atoms in total. The minimum Gasteiger partial charge on any atom is -0.496 e. The van der Waals surface area contributed by atoms with Crippen LogP contribution in [0.3, 0.4) is 0 Å². The van der Waals surface area contributed by atoms with Crippen LogP contribution >= 0.6 is 0 Å². The van der Waals surface area contributed by atoms with Crippen molar-refractivity contribution < 1.29 is 13.9 Å². The standard InChI is InChI=1S/C29H34FN3O2/c1-4-13-33-26-9-8-21(29(34)32-15-10-20(2)11-16-32)17-22(26)23-18-31(14-12-27(23)33)19-24-25(30)6-5-7-28(24)35-3/h4-9,17,20H,1,10-16,18-19H2,2-3H3. The van der Waals surface area contributed by atoms with Gasteiger partial charge < -0.3 is 14.2 Å². The first kappa shape index (κ1) is 23.6. The van der Waals surface area contributed by atoms with Crippen LogP contribution in [-0.2, 0) is 26.1 Å². The fraction of sp³-hybridized carbons (Fsp3) is 0.414. The van der Waals surface area contributed by atoms with Gasteiger partial charge in [-0.1, -0.05) is 19.1 Å². The highest BCUT2D eigenvalue weighted by molar-refractivity contribution is 5.99. The van der Waals surface area contributed by atoms with Gasteiger partial charge in [0.25, 0.3) is 5.91 Å². The number of methoxy groups -OCH3 is 1. The molecule has 3 heterocycles. The Balaban J connectivity index is 1.48. The monoisotopic (exact) mass is 475 g/mol. The number of rotatable bonds is 6. The predicted molar refractivity (Wildman–Crippen MR) is 137 cm³/mol. The quantitative estimate of drug-likeness (QED) is 0.448. The Morgan fingerprint density at radius 3 is 2.74 bits per heavy atom. The number of aromatic nitrogens is 1. The molecule has 1 saturated heterocycles. The molecular weight excluding hydrogens is 441 g/mol. The Labute approximate surface area is 206 Å². The van der Waals surface area contributed by atoms with Crippen LogP contribution in [0.25, 0.3) is 10.9 Å². The maximum Gasteiger partial charge on any atom is 0.253 e. The molecule has 0 unspecified atom stereocenters. The molecule has 0 aliphatic carbocycles. The number of likely N-dealkylation sites (tertiary alicyclic amines) is 1. The number of benzene rings is 2. The summed E-state index contributed by atoms with van der Waals surface area (Å²) in [4.78, 5) is 17.6. The van der Waals surface area contributed by atoms with Gasteiger partial charge in [-0.25, -0.2) is 4.39 Å². The molecule has 2 aliphatic heterocycles. The van der Waals surface area contributed by atoms with Gasteiger partial charge in [0.1, 0.15) is 11.6 Å². The number of hydrogen-bond acceptors (Lipinski definition) is 3. The van der Waals surface area contributed by atoms with Gasteiger partial charge in [-0.05, 0) is 54.7 Å². The third kappa shape index (κ3) is 4.47. The van der Waals surface area contributed by atoms with Gasteiger partial charge in [0.2, 0.25) is 0 Å². The molecule has 0 atom stereocenters. The third-order valence-electron chi connectivity index (χ3n) is 7.64. The summed E-state index contributed by atoms with van der Waals surface area (Å²) < 4.78 is 22.4. The maximum absolute atomic E-state index is 14.6. The fourth-order valence-electron chi connectivity index (χ4n) is 5.61. The predicted octanol–water partition coefficient (Wildman–Crippen LogP) is 5.41. The van der Waals surface area contributed by atoms with Crippen molar-refractivity contribution in [2.24, 2.45) is 5.92 Å². The third-order valence-corrected chi connectivity index (χ3v) is 7.64. The molecule has 0 N–H and O–H groups in total. The van der Waals surface area contributed by atoms with Gasteiger partial charge >= 0.3 is 0 Å². The zero-order valence-electron chi connectivity index (χ0n) is 20.7. The molecule has 0 bridgehead atoms. The molecule has 1 fully saturated rings. The van der Waals surface area contributed by atoms with Crippen molar-refractivity contribution in [1.82, 2.24) is 14.4 Å². The number of hydrogen-bond donors (Lipinski definition) is 0. The van der Waals surface area contributed by atoms with Crippen molar-refractivity contribution in [3.63, 3.8) is 0 Å². The number of fused-ring (bicyclic) bond motifs is 3. The maximum atomic E-state index is 14.6. The lowest BCUT2D eigenvalue weighted by atomic mass is 9.98. The normalized spacial score (nSPS) is 16.9. The van der Waals surface area contributed by atoms with Gasteiger partial charge in [-0.15, -0.1) is 6.58 Å². The van der Waals surface area contributed by atoms with Gasteiger partial charge in [-0.2, -0.15) is 0 Å². The second kappa shape index (κ2) is 9.86. The molecule has 2 aromatic carbocycles. The average Bonchev–Trinajstić information content (AvgIpc) is 3.18. The van der Waals surface area contributed by atoms with Crippen LogP contribution in [0.5, 0.6) is 5.75 Å². The minimum absolute atomic E-state index is 0.118. The average molecular weight is 476 g/mol. The fourth-order valence-corrected chi connectivity index (χ4v) is 5.61. The lowest BCUT2D eigenvalue weighted by Crippen LogP contribution is -2.37. The highest BCUT2D eigenvalue weighted by Crippen LogP contribution is 2.34. The van der Waals surface area contributed by atoms with Crippen LogP contribution in [0, 0.1) is 11.7 Å². The number of carbonyl (C=O) groups excluding carboxylic acids is 1. The topological polar surface area (TPSA) is 37.7 Å². The van der Waals surface area contributed by atoms with Gasteiger partial charge in [-0.3, -0.25) is 9.69 Å². The zero-order chi connectivity index (χ0) is 24.5. The van der Waals surface area contributed by atoms with Crippen LogP contribution in [0.4, 0.5) is 4.39 Å². The molecule has 0 spiro atoms. The van der Waals surface area contributed by atoms with E-state index in [1.807, 2.05) is 23.1 Å². The Morgan fingerprint density at radius 2 is 2.00 bits per heavy atom. The van der Waals surface area contributed by atoms with Gasteiger partial charge in [0.05, 0.1) is 7.11 Å². The minimum atomic E-state index is -0.243. The smallest absolute Gasteiger partial charge is 0.253 e. The van der Waals surface area contributed by atoms with E-state index in [2.05, 4.69) is 35.1 Å². The summed E-state index contributed by atoms with van der Waals surface area (Å²) in [6.45, 7) is 10.6. The number of halogens is 1. The summed E-state index contributed by atoms with van der Waals surface area (Å²) in [5.41, 5.74) is 4.98. The van der Waals surface area contributed by atoms with Gasteiger partial charge in [0.15, 0.2) is 0 Å². The Kier molecular flexibility index (Phi) is 6.65. The van der Waals surface area contributed by atoms with Crippen LogP contribution in [0.1, 0.15) is 46.9 Å². The van der Waals surface area contributed by atoms with E-state index in [1.54, 1.807) is 13.2 Å². The molecule has 0 radical (unpaired) electrons. The second-order valence-electron chi connectivity index (χ2n) is 9.91. The second-order valence-corrected chi connectivity index (χ2v) is 9.91. The number of carbonyl (C=O) groups is 1. The first-order valence-electron chi connectivity index (χ1n) is 12.6. The van der Waals surface area contributed by atoms with Crippen molar-refractivity contribution in [3.8, 4) is 5.75 Å². The van der Waals surface area contributed by atoms with E-state index in [1.165, 1.54) is 17.3 Å².